The summed E-state index contributed by atoms with van der Waals surface area (Å²) in [5.41, 5.74) is 0. The van der Waals surface area contributed by atoms with Gasteiger partial charge in [-0.1, -0.05) is 307 Å². The van der Waals surface area contributed by atoms with Crippen molar-refractivity contribution in [3.05, 3.63) is 170 Å². The van der Waals surface area contributed by atoms with E-state index in [4.69, 9.17) is 37.0 Å². The summed E-state index contributed by atoms with van der Waals surface area (Å²) in [5, 5.41) is 10.7. The number of allylic oxidation sites excluding steroid dienone is 28. The number of hydrogen-bond donors (Lipinski definition) is 3. The number of phosphoric acid groups is 2. The summed E-state index contributed by atoms with van der Waals surface area (Å²) in [5.74, 6) is -2.24. The zero-order valence-electron chi connectivity index (χ0n) is 70.0. The Labute approximate surface area is 680 Å². The number of aliphatic hydroxyl groups is 1. The van der Waals surface area contributed by atoms with E-state index >= 15 is 0 Å². The van der Waals surface area contributed by atoms with Gasteiger partial charge in [0, 0.05) is 25.7 Å². The molecule has 17 nitrogen and oxygen atoms in total. The van der Waals surface area contributed by atoms with Gasteiger partial charge < -0.3 is 33.8 Å². The molecule has 0 aromatic rings. The fraction of sp³-hybridized carbons (Fsp3) is 0.656. The Hall–Kier alpha value is -5.58. The van der Waals surface area contributed by atoms with Gasteiger partial charge in [-0.3, -0.25) is 37.3 Å². The summed E-state index contributed by atoms with van der Waals surface area (Å²) in [6, 6.07) is 0. The van der Waals surface area contributed by atoms with Gasteiger partial charge in [0.2, 0.25) is 0 Å². The maximum Gasteiger partial charge on any atom is 0.472 e. The molecule has 0 bridgehead atoms. The molecular formula is C93H154O17P2. The van der Waals surface area contributed by atoms with Crippen LogP contribution in [0.3, 0.4) is 0 Å². The molecule has 0 aliphatic rings. The molecule has 0 aliphatic carbocycles. The van der Waals surface area contributed by atoms with Crippen LogP contribution < -0.4 is 0 Å². The van der Waals surface area contributed by atoms with Gasteiger partial charge in [-0.05, 0) is 173 Å². The quantitative estimate of drug-likeness (QED) is 0.0169. The van der Waals surface area contributed by atoms with E-state index in [1.165, 1.54) is 19.3 Å². The molecule has 5 unspecified atom stereocenters. The van der Waals surface area contributed by atoms with Crippen molar-refractivity contribution in [3.63, 3.8) is 0 Å². The van der Waals surface area contributed by atoms with E-state index in [0.717, 1.165) is 238 Å². The van der Waals surface area contributed by atoms with E-state index in [9.17, 15) is 43.2 Å². The fourth-order valence-corrected chi connectivity index (χ4v) is 12.7. The molecule has 0 heterocycles. The van der Waals surface area contributed by atoms with Crippen molar-refractivity contribution >= 4 is 39.5 Å². The van der Waals surface area contributed by atoms with Gasteiger partial charge in [-0.25, -0.2) is 9.13 Å². The molecule has 0 aliphatic heterocycles. The van der Waals surface area contributed by atoms with Gasteiger partial charge in [0.05, 0.1) is 26.4 Å². The summed E-state index contributed by atoms with van der Waals surface area (Å²) >= 11 is 0. The molecule has 0 radical (unpaired) electrons. The van der Waals surface area contributed by atoms with Gasteiger partial charge in [0.15, 0.2) is 12.2 Å². The Morgan fingerprint density at radius 2 is 0.464 bits per heavy atom. The number of unbranched alkanes of at least 4 members (excludes halogenated alkanes) is 26. The summed E-state index contributed by atoms with van der Waals surface area (Å²) in [4.78, 5) is 73.4. The Bertz CT molecular complexity index is 2790. The van der Waals surface area contributed by atoms with Gasteiger partial charge in [0.25, 0.3) is 0 Å². The minimum atomic E-state index is -5.00. The second kappa shape index (κ2) is 83.4. The highest BCUT2D eigenvalue weighted by Crippen LogP contribution is 2.45. The monoisotopic (exact) mass is 1610 g/mol. The predicted molar refractivity (Wildman–Crippen MR) is 463 cm³/mol. The third-order valence-corrected chi connectivity index (χ3v) is 19.6. The molecule has 5 atom stereocenters. The number of aliphatic hydroxyl groups excluding tert-OH is 1. The van der Waals surface area contributed by atoms with Crippen LogP contribution in [-0.2, 0) is 65.4 Å². The molecule has 0 spiro atoms. The first-order chi connectivity index (χ1) is 54.7. The van der Waals surface area contributed by atoms with Crippen LogP contribution in [0.2, 0.25) is 0 Å². The Kier molecular flexibility index (Phi) is 79.2. The smallest absolute Gasteiger partial charge is 0.462 e. The fourth-order valence-electron chi connectivity index (χ4n) is 11.2. The summed E-state index contributed by atoms with van der Waals surface area (Å²) in [7, 11) is -10.00. The van der Waals surface area contributed by atoms with Crippen molar-refractivity contribution in [2.45, 2.75) is 354 Å². The number of esters is 4. The summed E-state index contributed by atoms with van der Waals surface area (Å²) in [6.45, 7) is 4.47. The van der Waals surface area contributed by atoms with Crippen molar-refractivity contribution in [2.24, 2.45) is 0 Å². The molecule has 0 aromatic heterocycles. The number of rotatable bonds is 80. The van der Waals surface area contributed by atoms with Gasteiger partial charge in [-0.2, -0.15) is 0 Å². The number of hydrogen-bond acceptors (Lipinski definition) is 15. The number of carbonyl (C=O) groups is 4. The summed E-state index contributed by atoms with van der Waals surface area (Å²) in [6.07, 6.45) is 100. The van der Waals surface area contributed by atoms with Crippen LogP contribution in [0.4, 0.5) is 0 Å². The lowest BCUT2D eigenvalue weighted by Crippen LogP contribution is -2.30. The maximum atomic E-state index is 13.2. The van der Waals surface area contributed by atoms with Crippen LogP contribution in [-0.4, -0.2) is 96.7 Å². The Morgan fingerprint density at radius 1 is 0.259 bits per heavy atom. The van der Waals surface area contributed by atoms with Gasteiger partial charge in [-0.15, -0.1) is 0 Å². The molecule has 19 heteroatoms. The molecule has 0 fully saturated rings. The highest BCUT2D eigenvalue weighted by molar-refractivity contribution is 7.47. The molecule has 0 amide bonds. The molecule has 638 valence electrons. The van der Waals surface area contributed by atoms with E-state index in [1.807, 2.05) is 0 Å². The molecule has 0 rings (SSSR count). The predicted octanol–water partition coefficient (Wildman–Crippen LogP) is 26.1. The van der Waals surface area contributed by atoms with Crippen LogP contribution in [0.25, 0.3) is 0 Å². The van der Waals surface area contributed by atoms with Crippen molar-refractivity contribution < 1.29 is 80.2 Å². The SMILES string of the molecule is CC/C=C\C/C=C\C/C=C\C/C=C\CCCCCCCCC(=O)OCC(COP(=O)(O)OCC(O)COP(=O)(O)OCC(COC(=O)CCCCCCCC/C=C\C/C=C\C/C=C\CCCCC)OC(=O)CCCCCCC/C=C\C/C=C\C/C=C\CC)OC(=O)CCCCCCCC/C=C\C/C=C\C/C=C\C/C=C\CC. The minimum absolute atomic E-state index is 0.0672. The number of ether oxygens (including phenoxy) is 4. The average molecular weight is 1610 g/mol. The topological polar surface area (TPSA) is 237 Å². The van der Waals surface area contributed by atoms with Gasteiger partial charge >= 0.3 is 39.5 Å². The van der Waals surface area contributed by atoms with Crippen molar-refractivity contribution in [1.82, 2.24) is 0 Å². The van der Waals surface area contributed by atoms with E-state index in [0.29, 0.717) is 25.7 Å². The second-order valence-corrected chi connectivity index (χ2v) is 31.2. The van der Waals surface area contributed by atoms with Crippen LogP contribution >= 0.6 is 15.6 Å². The first kappa shape index (κ1) is 106. The Balaban J connectivity index is 5.44. The average Bonchev–Trinajstić information content (AvgIpc) is 0.898. The highest BCUT2D eigenvalue weighted by atomic mass is 31.2. The van der Waals surface area contributed by atoms with Crippen LogP contribution in [0.1, 0.15) is 336 Å². The third-order valence-electron chi connectivity index (χ3n) is 17.7. The third kappa shape index (κ3) is 82.4. The van der Waals surface area contributed by atoms with E-state index in [1.54, 1.807) is 0 Å². The lowest BCUT2D eigenvalue weighted by Gasteiger charge is -2.21. The van der Waals surface area contributed by atoms with Crippen LogP contribution in [0, 0.1) is 0 Å². The number of phosphoric ester groups is 2. The van der Waals surface area contributed by atoms with Gasteiger partial charge in [0.1, 0.15) is 19.3 Å². The van der Waals surface area contributed by atoms with Crippen molar-refractivity contribution in [2.75, 3.05) is 39.6 Å². The second-order valence-electron chi connectivity index (χ2n) is 28.3. The lowest BCUT2D eigenvalue weighted by atomic mass is 10.1. The Morgan fingerprint density at radius 3 is 0.714 bits per heavy atom. The largest absolute Gasteiger partial charge is 0.472 e. The summed E-state index contributed by atoms with van der Waals surface area (Å²) < 4.78 is 68.9. The zero-order chi connectivity index (χ0) is 81.7. The molecule has 0 saturated heterocycles. The molecule has 3 N–H and O–H groups in total. The van der Waals surface area contributed by atoms with Crippen molar-refractivity contribution in [1.29, 1.82) is 0 Å². The number of carbonyl (C=O) groups excluding carboxylic acids is 4. The first-order valence-electron chi connectivity index (χ1n) is 43.4. The zero-order valence-corrected chi connectivity index (χ0v) is 71.8. The molecule has 112 heavy (non-hydrogen) atoms. The molecular weight excluding hydrogens is 1450 g/mol. The van der Waals surface area contributed by atoms with Crippen LogP contribution in [0.15, 0.2) is 170 Å². The molecule has 0 saturated carbocycles. The first-order valence-corrected chi connectivity index (χ1v) is 46.4. The highest BCUT2D eigenvalue weighted by Gasteiger charge is 2.30. The van der Waals surface area contributed by atoms with Crippen LogP contribution in [0.5, 0.6) is 0 Å². The van der Waals surface area contributed by atoms with E-state index < -0.39 is 97.5 Å². The maximum absolute atomic E-state index is 13.2. The minimum Gasteiger partial charge on any atom is -0.462 e. The molecule has 0 aromatic carbocycles. The van der Waals surface area contributed by atoms with Crippen molar-refractivity contribution in [3.8, 4) is 0 Å². The normalized spacial score (nSPS) is 14.6. The van der Waals surface area contributed by atoms with E-state index in [-0.39, 0.29) is 25.7 Å². The van der Waals surface area contributed by atoms with E-state index in [2.05, 4.69) is 198 Å². The standard InChI is InChI=1S/C93H154O17P2/c1-5-9-13-17-21-25-29-33-37-40-43-46-50-53-57-61-65-69-73-77-90(95)103-83-88(109-92(97)79-75-71-67-63-59-55-49-36-32-28-24-20-16-12-8-4)85-107-111(99,100)105-81-87(94)82-106-112(101,102)108-86-89(110-93(98)80-76-72-68-64-60-56-52-48-45-42-39-35-31-27-23-19-15-11-7-3)84-104-91(96)78-74-70-66-62-58-54-51-47-44-41-38-34-30-26-22-18-14-10-6-2/h10-12,14-16,21-28,33-39,43-49,87-89,94H,5-9,13,17-20,29-32,40-42,50-86H2,1-4H3,(H,99,100)(H,101,102)/b14-10-,15-11-,16-12-,25-21-,26-22-,27-23-,28-24-,37-33-,38-34-,39-35-,46-43-,47-44-,48-45-,49-36-. The lowest BCUT2D eigenvalue weighted by molar-refractivity contribution is -0.161.